The van der Waals surface area contributed by atoms with E-state index in [0.717, 1.165) is 11.3 Å². The summed E-state index contributed by atoms with van der Waals surface area (Å²) in [7, 11) is -3.67. The molecule has 1 saturated heterocycles. The van der Waals surface area contributed by atoms with E-state index < -0.39 is 15.6 Å². The molecule has 0 radical (unpaired) electrons. The Morgan fingerprint density at radius 1 is 1.59 bits per heavy atom. The average molecular weight is 292 g/mol. The zero-order valence-electron chi connectivity index (χ0n) is 8.73. The Balaban J connectivity index is 2.26. The van der Waals surface area contributed by atoms with Gasteiger partial charge in [-0.15, -0.1) is 11.3 Å². The van der Waals surface area contributed by atoms with Crippen molar-refractivity contribution >= 4 is 33.0 Å². The third-order valence-corrected chi connectivity index (χ3v) is 5.77. The molecule has 92 valence electrons. The molecule has 2 N–H and O–H groups in total. The Bertz CT molecular complexity index is 555. The van der Waals surface area contributed by atoms with Crippen LogP contribution in [0.5, 0.6) is 0 Å². The van der Waals surface area contributed by atoms with E-state index in [0.29, 0.717) is 23.8 Å². The lowest BCUT2D eigenvalue weighted by Crippen LogP contribution is -2.48. The fraction of sp³-hybridized carbons (Fsp3) is 0.444. The van der Waals surface area contributed by atoms with Crippen molar-refractivity contribution in [2.45, 2.75) is 16.2 Å². The first kappa shape index (κ1) is 12.8. The lowest BCUT2D eigenvalue weighted by molar-refractivity contribution is 0.507. The summed E-state index contributed by atoms with van der Waals surface area (Å²) in [6.45, 7) is 0.948. The molecule has 0 bridgehead atoms. The number of hydrogen-bond donors (Lipinski definition) is 2. The minimum atomic E-state index is -3.67. The van der Waals surface area contributed by atoms with E-state index in [-0.39, 0.29) is 4.21 Å². The minimum absolute atomic E-state index is 0.129. The van der Waals surface area contributed by atoms with Crippen LogP contribution in [0.3, 0.4) is 0 Å². The highest BCUT2D eigenvalue weighted by Crippen LogP contribution is 2.27. The van der Waals surface area contributed by atoms with Gasteiger partial charge in [-0.1, -0.05) is 11.6 Å². The summed E-state index contributed by atoms with van der Waals surface area (Å²) in [5, 5.41) is 12.1. The van der Waals surface area contributed by atoms with E-state index in [4.69, 9.17) is 16.9 Å². The highest BCUT2D eigenvalue weighted by atomic mass is 35.5. The number of nitriles is 1. The molecule has 0 spiro atoms. The Labute approximate surface area is 108 Å². The van der Waals surface area contributed by atoms with Gasteiger partial charge in [0.15, 0.2) is 0 Å². The van der Waals surface area contributed by atoms with E-state index in [1.165, 1.54) is 12.1 Å². The second-order valence-electron chi connectivity index (χ2n) is 3.78. The first-order chi connectivity index (χ1) is 7.97. The Morgan fingerprint density at radius 2 is 2.35 bits per heavy atom. The number of hydrogen-bond acceptors (Lipinski definition) is 5. The monoisotopic (exact) mass is 291 g/mol. The maximum atomic E-state index is 12.0. The third kappa shape index (κ3) is 2.61. The largest absolute Gasteiger partial charge is 0.314 e. The van der Waals surface area contributed by atoms with Crippen LogP contribution in [0.25, 0.3) is 0 Å². The van der Waals surface area contributed by atoms with Gasteiger partial charge in [-0.3, -0.25) is 0 Å². The predicted molar refractivity (Wildman–Crippen MR) is 65.5 cm³/mol. The van der Waals surface area contributed by atoms with E-state index in [2.05, 4.69) is 10.0 Å². The van der Waals surface area contributed by atoms with E-state index in [9.17, 15) is 8.42 Å². The molecule has 2 heterocycles. The number of nitrogens with zero attached hydrogens (tertiary/aromatic N) is 1. The van der Waals surface area contributed by atoms with Gasteiger partial charge in [-0.05, 0) is 25.1 Å². The van der Waals surface area contributed by atoms with Crippen LogP contribution >= 0.6 is 22.9 Å². The Kier molecular flexibility index (Phi) is 3.43. The van der Waals surface area contributed by atoms with Gasteiger partial charge in [0, 0.05) is 6.54 Å². The van der Waals surface area contributed by atoms with E-state index in [1.807, 2.05) is 6.07 Å². The molecule has 0 unspecified atom stereocenters. The van der Waals surface area contributed by atoms with Crippen molar-refractivity contribution in [3.8, 4) is 6.07 Å². The highest BCUT2D eigenvalue weighted by Gasteiger charge is 2.38. The summed E-state index contributed by atoms with van der Waals surface area (Å²) in [6.07, 6.45) is 0.460. The van der Waals surface area contributed by atoms with Crippen LogP contribution in [0.2, 0.25) is 4.34 Å². The van der Waals surface area contributed by atoms with Gasteiger partial charge in [0.2, 0.25) is 0 Å². The molecule has 8 heteroatoms. The first-order valence-corrected chi connectivity index (χ1v) is 7.56. The summed E-state index contributed by atoms with van der Waals surface area (Å²) < 4.78 is 27.0. The van der Waals surface area contributed by atoms with Crippen LogP contribution in [0, 0.1) is 11.3 Å². The zero-order chi connectivity index (χ0) is 12.5. The average Bonchev–Trinajstić information content (AvgIpc) is 2.87. The molecule has 1 aliphatic rings. The zero-order valence-corrected chi connectivity index (χ0v) is 11.1. The van der Waals surface area contributed by atoms with Crippen molar-refractivity contribution in [2.75, 3.05) is 13.1 Å². The summed E-state index contributed by atoms with van der Waals surface area (Å²) in [4.78, 5) is 0. The first-order valence-electron chi connectivity index (χ1n) is 4.89. The smallest absolute Gasteiger partial charge is 0.251 e. The van der Waals surface area contributed by atoms with Crippen LogP contribution in [0.15, 0.2) is 16.3 Å². The maximum Gasteiger partial charge on any atom is 0.251 e. The van der Waals surface area contributed by atoms with Crippen molar-refractivity contribution in [1.29, 1.82) is 5.26 Å². The van der Waals surface area contributed by atoms with Crippen molar-refractivity contribution in [3.63, 3.8) is 0 Å². The molecule has 2 rings (SSSR count). The number of sulfonamides is 1. The molecule has 0 aromatic carbocycles. The lowest BCUT2D eigenvalue weighted by atomic mass is 10.0. The quantitative estimate of drug-likeness (QED) is 0.868. The summed E-state index contributed by atoms with van der Waals surface area (Å²) in [5.74, 6) is 0. The maximum absolute atomic E-state index is 12.0. The van der Waals surface area contributed by atoms with Gasteiger partial charge >= 0.3 is 0 Å². The molecule has 17 heavy (non-hydrogen) atoms. The fourth-order valence-corrected chi connectivity index (χ4v) is 4.48. The molecule has 1 atom stereocenters. The molecule has 0 amide bonds. The molecule has 1 aliphatic heterocycles. The molecule has 1 fully saturated rings. The van der Waals surface area contributed by atoms with Crippen molar-refractivity contribution < 1.29 is 8.42 Å². The SMILES string of the molecule is N#C[C@@]1(NS(=O)(=O)c2ccc(Cl)s2)CCNC1. The summed E-state index contributed by atoms with van der Waals surface area (Å²) in [5.41, 5.74) is -1.05. The number of rotatable bonds is 3. The molecule has 1 aromatic rings. The normalized spacial score (nSPS) is 24.7. The fourth-order valence-electron chi connectivity index (χ4n) is 1.65. The second-order valence-corrected chi connectivity index (χ2v) is 7.41. The topological polar surface area (TPSA) is 82.0 Å². The van der Waals surface area contributed by atoms with Crippen LogP contribution < -0.4 is 10.0 Å². The van der Waals surface area contributed by atoms with Gasteiger partial charge < -0.3 is 5.32 Å². The predicted octanol–water partition coefficient (Wildman–Crippen LogP) is 0.935. The molecular weight excluding hydrogens is 282 g/mol. The third-order valence-electron chi connectivity index (χ3n) is 2.51. The van der Waals surface area contributed by atoms with Gasteiger partial charge in [0.25, 0.3) is 10.0 Å². The Morgan fingerprint density at radius 3 is 2.82 bits per heavy atom. The molecule has 5 nitrogen and oxygen atoms in total. The number of halogens is 1. The second kappa shape index (κ2) is 4.55. The minimum Gasteiger partial charge on any atom is -0.314 e. The van der Waals surface area contributed by atoms with Crippen LogP contribution in [0.1, 0.15) is 6.42 Å². The molecule has 1 aromatic heterocycles. The highest BCUT2D eigenvalue weighted by molar-refractivity contribution is 7.91. The molecule has 0 saturated carbocycles. The van der Waals surface area contributed by atoms with Gasteiger partial charge in [0.1, 0.15) is 9.75 Å². The van der Waals surface area contributed by atoms with Crippen LogP contribution in [0.4, 0.5) is 0 Å². The van der Waals surface area contributed by atoms with Crippen molar-refractivity contribution in [1.82, 2.24) is 10.0 Å². The summed E-state index contributed by atoms with van der Waals surface area (Å²) >= 11 is 6.67. The van der Waals surface area contributed by atoms with Gasteiger partial charge in [-0.2, -0.15) is 9.98 Å². The van der Waals surface area contributed by atoms with Gasteiger partial charge in [0.05, 0.1) is 10.4 Å². The van der Waals surface area contributed by atoms with Crippen LogP contribution in [-0.4, -0.2) is 27.0 Å². The standard InChI is InChI=1S/C9H10ClN3O2S2/c10-7-1-2-8(16-7)17(14,15)13-9(5-11)3-4-12-6-9/h1-2,12-13H,3-4,6H2/t9-/m0/s1. The Hall–Kier alpha value is -0.650. The van der Waals surface area contributed by atoms with E-state index in [1.54, 1.807) is 0 Å². The van der Waals surface area contributed by atoms with Crippen LogP contribution in [-0.2, 0) is 10.0 Å². The molecule has 0 aliphatic carbocycles. The summed E-state index contributed by atoms with van der Waals surface area (Å²) in [6, 6.07) is 4.98. The van der Waals surface area contributed by atoms with Gasteiger partial charge in [-0.25, -0.2) is 8.42 Å². The lowest BCUT2D eigenvalue weighted by Gasteiger charge is -2.20. The molecular formula is C9H10ClN3O2S2. The van der Waals surface area contributed by atoms with E-state index >= 15 is 0 Å². The number of thiophene rings is 1. The van der Waals surface area contributed by atoms with Crippen molar-refractivity contribution in [3.05, 3.63) is 16.5 Å². The van der Waals surface area contributed by atoms with Crippen molar-refractivity contribution in [2.24, 2.45) is 0 Å². The number of nitrogens with one attached hydrogen (secondary N) is 2.